The molecule has 1 N–H and O–H groups in total. The van der Waals surface area contributed by atoms with Crippen LogP contribution in [-0.4, -0.2) is 17.7 Å². The van der Waals surface area contributed by atoms with Crippen LogP contribution in [0.25, 0.3) is 6.08 Å². The van der Waals surface area contributed by atoms with E-state index in [0.29, 0.717) is 27.5 Å². The zero-order chi connectivity index (χ0) is 17.8. The summed E-state index contributed by atoms with van der Waals surface area (Å²) >= 11 is 7.37. The minimum absolute atomic E-state index is 0.182. The number of rotatable bonds is 4. The lowest BCUT2D eigenvalue weighted by Crippen LogP contribution is -2.19. The number of thioether (sulfide) groups is 1. The SMILES string of the molecule is CCOc1ccc(Cl)cc1/C=C1\SC(=Nc2cccc(C)c2)NC1=O. The number of amidine groups is 1. The van der Waals surface area contributed by atoms with Crippen LogP contribution >= 0.6 is 23.4 Å². The highest BCUT2D eigenvalue weighted by Gasteiger charge is 2.24. The first kappa shape index (κ1) is 17.6. The maximum atomic E-state index is 12.2. The van der Waals surface area contributed by atoms with Gasteiger partial charge in [0.2, 0.25) is 0 Å². The van der Waals surface area contributed by atoms with Crippen molar-refractivity contribution in [3.63, 3.8) is 0 Å². The van der Waals surface area contributed by atoms with Crippen LogP contribution in [0.1, 0.15) is 18.1 Å². The number of halogens is 1. The van der Waals surface area contributed by atoms with Gasteiger partial charge in [0.15, 0.2) is 5.17 Å². The smallest absolute Gasteiger partial charge is 0.264 e. The zero-order valence-electron chi connectivity index (χ0n) is 13.9. The molecule has 25 heavy (non-hydrogen) atoms. The minimum Gasteiger partial charge on any atom is -0.493 e. The normalized spacial score (nSPS) is 17.2. The number of hydrogen-bond acceptors (Lipinski definition) is 4. The minimum atomic E-state index is -0.182. The van der Waals surface area contributed by atoms with Gasteiger partial charge in [0.1, 0.15) is 5.75 Å². The van der Waals surface area contributed by atoms with Crippen molar-refractivity contribution >= 4 is 46.2 Å². The van der Waals surface area contributed by atoms with E-state index in [2.05, 4.69) is 10.3 Å². The summed E-state index contributed by atoms with van der Waals surface area (Å²) in [5, 5.41) is 3.94. The predicted molar refractivity (Wildman–Crippen MR) is 105 cm³/mol. The third kappa shape index (κ3) is 4.44. The van der Waals surface area contributed by atoms with E-state index in [1.165, 1.54) is 11.8 Å². The molecule has 0 aromatic heterocycles. The molecular formula is C19H17ClN2O2S. The van der Waals surface area contributed by atoms with Gasteiger partial charge in [-0.3, -0.25) is 4.79 Å². The van der Waals surface area contributed by atoms with Crippen LogP contribution in [0.15, 0.2) is 52.4 Å². The van der Waals surface area contributed by atoms with E-state index in [-0.39, 0.29) is 5.91 Å². The van der Waals surface area contributed by atoms with Gasteiger partial charge in [0.05, 0.1) is 17.2 Å². The number of benzene rings is 2. The molecule has 1 amide bonds. The molecule has 2 aromatic rings. The number of hydrogen-bond donors (Lipinski definition) is 1. The number of carbonyl (C=O) groups excluding carboxylic acids is 1. The van der Waals surface area contributed by atoms with Gasteiger partial charge < -0.3 is 10.1 Å². The summed E-state index contributed by atoms with van der Waals surface area (Å²) in [6.45, 7) is 4.45. The first-order chi connectivity index (χ1) is 12.0. The Morgan fingerprint density at radius 2 is 2.12 bits per heavy atom. The number of ether oxygens (including phenoxy) is 1. The van der Waals surface area contributed by atoms with Crippen LogP contribution in [0.4, 0.5) is 5.69 Å². The van der Waals surface area contributed by atoms with Crippen LogP contribution in [0, 0.1) is 6.92 Å². The number of carbonyl (C=O) groups is 1. The second-order valence-corrected chi connectivity index (χ2v) is 6.90. The van der Waals surface area contributed by atoms with Crippen molar-refractivity contribution in [2.75, 3.05) is 6.61 Å². The summed E-state index contributed by atoms with van der Waals surface area (Å²) in [4.78, 5) is 17.3. The predicted octanol–water partition coefficient (Wildman–Crippen LogP) is 4.94. The van der Waals surface area contributed by atoms with E-state index in [9.17, 15) is 4.79 Å². The molecule has 0 bridgehead atoms. The summed E-state index contributed by atoms with van der Waals surface area (Å²) < 4.78 is 5.60. The molecule has 2 aromatic carbocycles. The number of aliphatic imine (C=N–C) groups is 1. The molecule has 0 atom stereocenters. The largest absolute Gasteiger partial charge is 0.493 e. The third-order valence-electron chi connectivity index (χ3n) is 3.44. The Hall–Kier alpha value is -2.24. The standard InChI is InChI=1S/C19H17ClN2O2S/c1-3-24-16-8-7-14(20)10-13(16)11-17-18(23)22-19(25-17)21-15-6-4-5-12(2)9-15/h4-11H,3H2,1-2H3,(H,21,22,23)/b17-11-. The Kier molecular flexibility index (Phi) is 5.46. The van der Waals surface area contributed by atoms with Crippen molar-refractivity contribution in [2.24, 2.45) is 4.99 Å². The lowest BCUT2D eigenvalue weighted by Gasteiger charge is -2.07. The molecule has 0 saturated carbocycles. The van der Waals surface area contributed by atoms with Crippen molar-refractivity contribution in [3.05, 3.63) is 63.5 Å². The van der Waals surface area contributed by atoms with Gasteiger partial charge in [-0.15, -0.1) is 0 Å². The molecule has 3 rings (SSSR count). The molecule has 1 aliphatic rings. The molecule has 0 radical (unpaired) electrons. The van der Waals surface area contributed by atoms with E-state index in [1.807, 2.05) is 38.1 Å². The Bertz CT molecular complexity index is 877. The van der Waals surface area contributed by atoms with Crippen molar-refractivity contribution in [3.8, 4) is 5.75 Å². The molecule has 1 heterocycles. The highest BCUT2D eigenvalue weighted by molar-refractivity contribution is 8.18. The van der Waals surface area contributed by atoms with Gasteiger partial charge >= 0.3 is 0 Å². The maximum absolute atomic E-state index is 12.2. The fourth-order valence-corrected chi connectivity index (χ4v) is 3.37. The topological polar surface area (TPSA) is 50.7 Å². The molecular weight excluding hydrogens is 356 g/mol. The van der Waals surface area contributed by atoms with E-state index >= 15 is 0 Å². The molecule has 6 heteroatoms. The molecule has 4 nitrogen and oxygen atoms in total. The van der Waals surface area contributed by atoms with E-state index in [4.69, 9.17) is 16.3 Å². The molecule has 1 aliphatic heterocycles. The van der Waals surface area contributed by atoms with Gasteiger partial charge in [-0.1, -0.05) is 23.7 Å². The number of amides is 1. The summed E-state index contributed by atoms with van der Waals surface area (Å²) in [5.41, 5.74) is 2.69. The number of nitrogens with one attached hydrogen (secondary N) is 1. The van der Waals surface area contributed by atoms with Crippen LogP contribution in [-0.2, 0) is 4.79 Å². The Balaban J connectivity index is 1.88. The quantitative estimate of drug-likeness (QED) is 0.773. The highest BCUT2D eigenvalue weighted by atomic mass is 35.5. The zero-order valence-corrected chi connectivity index (χ0v) is 15.4. The summed E-state index contributed by atoms with van der Waals surface area (Å²) in [7, 11) is 0. The average molecular weight is 373 g/mol. The van der Waals surface area contributed by atoms with E-state index in [1.54, 1.807) is 24.3 Å². The van der Waals surface area contributed by atoms with Crippen molar-refractivity contribution in [1.82, 2.24) is 5.32 Å². The van der Waals surface area contributed by atoms with Crippen LogP contribution < -0.4 is 10.1 Å². The van der Waals surface area contributed by atoms with Crippen LogP contribution in [0.3, 0.4) is 0 Å². The molecule has 128 valence electrons. The van der Waals surface area contributed by atoms with Crippen molar-refractivity contribution < 1.29 is 9.53 Å². The molecule has 1 saturated heterocycles. The first-order valence-corrected chi connectivity index (χ1v) is 9.03. The van der Waals surface area contributed by atoms with E-state index < -0.39 is 0 Å². The Morgan fingerprint density at radius 1 is 1.28 bits per heavy atom. The Morgan fingerprint density at radius 3 is 2.88 bits per heavy atom. The third-order valence-corrected chi connectivity index (χ3v) is 4.59. The monoisotopic (exact) mass is 372 g/mol. The van der Waals surface area contributed by atoms with Gasteiger partial charge in [-0.2, -0.15) is 0 Å². The summed E-state index contributed by atoms with van der Waals surface area (Å²) in [5.74, 6) is 0.510. The summed E-state index contributed by atoms with van der Waals surface area (Å²) in [6, 6.07) is 13.2. The van der Waals surface area contributed by atoms with Crippen molar-refractivity contribution in [2.45, 2.75) is 13.8 Å². The molecule has 0 spiro atoms. The van der Waals surface area contributed by atoms with Gasteiger partial charge in [0, 0.05) is 10.6 Å². The molecule has 0 aliphatic carbocycles. The number of aryl methyl sites for hydroxylation is 1. The Labute approximate surface area is 155 Å². The maximum Gasteiger partial charge on any atom is 0.264 e. The average Bonchev–Trinajstić information content (AvgIpc) is 2.89. The van der Waals surface area contributed by atoms with Crippen molar-refractivity contribution in [1.29, 1.82) is 0 Å². The number of nitrogens with zero attached hydrogens (tertiary/aromatic N) is 1. The van der Waals surface area contributed by atoms with Crippen LogP contribution in [0.2, 0.25) is 5.02 Å². The fraction of sp³-hybridized carbons (Fsp3) is 0.158. The first-order valence-electron chi connectivity index (χ1n) is 7.84. The van der Waals surface area contributed by atoms with Crippen LogP contribution in [0.5, 0.6) is 5.75 Å². The molecule has 1 fully saturated rings. The van der Waals surface area contributed by atoms with Gasteiger partial charge in [0.25, 0.3) is 5.91 Å². The molecule has 0 unspecified atom stereocenters. The highest BCUT2D eigenvalue weighted by Crippen LogP contribution is 2.32. The lowest BCUT2D eigenvalue weighted by molar-refractivity contribution is -0.115. The van der Waals surface area contributed by atoms with Gasteiger partial charge in [-0.05, 0) is 67.6 Å². The second-order valence-electron chi connectivity index (χ2n) is 5.44. The van der Waals surface area contributed by atoms with Gasteiger partial charge in [-0.25, -0.2) is 4.99 Å². The second kappa shape index (κ2) is 7.76. The van der Waals surface area contributed by atoms with E-state index in [0.717, 1.165) is 16.8 Å². The fourth-order valence-electron chi connectivity index (χ4n) is 2.36. The lowest BCUT2D eigenvalue weighted by atomic mass is 10.2. The summed E-state index contributed by atoms with van der Waals surface area (Å²) in [6.07, 6.45) is 1.77.